The Morgan fingerprint density at radius 1 is 0.781 bits per heavy atom. The third kappa shape index (κ3) is 4.35. The Hall–Kier alpha value is -0.0400. The van der Waals surface area contributed by atoms with Crippen molar-refractivity contribution >= 4 is 0 Å². The van der Waals surface area contributed by atoms with E-state index >= 15 is 0 Å². The minimum atomic E-state index is -0.0208. The van der Waals surface area contributed by atoms with Crippen molar-refractivity contribution in [1.82, 2.24) is 0 Å². The normalized spacial score (nSPS) is 47.1. The van der Waals surface area contributed by atoms with Gasteiger partial charge in [-0.15, -0.1) is 0 Å². The van der Waals surface area contributed by atoms with Crippen LogP contribution >= 0.6 is 0 Å². The van der Waals surface area contributed by atoms with Crippen molar-refractivity contribution < 1.29 is 5.11 Å². The summed E-state index contributed by atoms with van der Waals surface area (Å²) < 4.78 is 0. The molecule has 0 aromatic rings. The number of hydrogen-bond donors (Lipinski definition) is 1. The van der Waals surface area contributed by atoms with E-state index in [0.717, 1.165) is 47.8 Å². The fraction of sp³-hybridized carbons (Fsp3) is 1.00. The molecule has 4 fully saturated rings. The van der Waals surface area contributed by atoms with Gasteiger partial charge in [0.2, 0.25) is 0 Å². The summed E-state index contributed by atoms with van der Waals surface area (Å²) in [7, 11) is 0. The molecule has 32 heavy (non-hydrogen) atoms. The van der Waals surface area contributed by atoms with Crippen LogP contribution in [0.25, 0.3) is 0 Å². The second kappa shape index (κ2) is 9.91. The van der Waals surface area contributed by atoms with Crippen LogP contribution in [0.5, 0.6) is 0 Å². The molecule has 0 spiro atoms. The zero-order valence-electron chi connectivity index (χ0n) is 22.5. The molecule has 1 nitrogen and oxygen atoms in total. The largest absolute Gasteiger partial charge is 0.393 e. The van der Waals surface area contributed by atoms with E-state index in [-0.39, 0.29) is 6.10 Å². The van der Waals surface area contributed by atoms with Gasteiger partial charge in [0.15, 0.2) is 0 Å². The number of aliphatic hydroxyl groups is 1. The highest BCUT2D eigenvalue weighted by atomic mass is 16.3. The standard InChI is InChI=1S/C31H56O/c1-7-8-12-24-27-14-13-23-26-16-15-25(22(4)11-9-10-21(2)3)30(26,5)19-17-28(23)31(27,6)20-18-29(24)32/h21-29,32H,7-20H2,1-6H3/t22-,23+,24+,25-,26+,27?,28+,29-,30-,31+/m1/s1. The predicted octanol–water partition coefficient (Wildman–Crippen LogP) is 8.88. The SMILES string of the molecule is CCCC[C@H]1C2CC[C@H]3[C@@H]4CC[C@H]([C@H](C)CCCC(C)C)[C@@]4(C)CC[C@@H]3[C@@]2(C)CC[C@H]1O. The Morgan fingerprint density at radius 2 is 1.47 bits per heavy atom. The molecular formula is C31H56O. The van der Waals surface area contributed by atoms with Gasteiger partial charge in [0.25, 0.3) is 0 Å². The molecule has 4 aliphatic rings. The molecule has 10 atom stereocenters. The lowest BCUT2D eigenvalue weighted by Crippen LogP contribution is -2.56. The van der Waals surface area contributed by atoms with Gasteiger partial charge < -0.3 is 5.11 Å². The molecule has 1 unspecified atom stereocenters. The van der Waals surface area contributed by atoms with Gasteiger partial charge in [0.1, 0.15) is 0 Å². The minimum Gasteiger partial charge on any atom is -0.393 e. The highest BCUT2D eigenvalue weighted by molar-refractivity contribution is 5.10. The van der Waals surface area contributed by atoms with Crippen molar-refractivity contribution in [3.8, 4) is 0 Å². The third-order valence-corrected chi connectivity index (χ3v) is 12.0. The van der Waals surface area contributed by atoms with Crippen molar-refractivity contribution in [2.45, 2.75) is 138 Å². The average Bonchev–Trinajstić information content (AvgIpc) is 3.10. The fourth-order valence-corrected chi connectivity index (χ4v) is 10.4. The second-order valence-corrected chi connectivity index (χ2v) is 14.0. The number of aliphatic hydroxyl groups excluding tert-OH is 1. The molecule has 186 valence electrons. The van der Waals surface area contributed by atoms with E-state index in [2.05, 4.69) is 41.5 Å². The van der Waals surface area contributed by atoms with Crippen LogP contribution < -0.4 is 0 Å². The fourth-order valence-electron chi connectivity index (χ4n) is 10.4. The second-order valence-electron chi connectivity index (χ2n) is 14.0. The predicted molar refractivity (Wildman–Crippen MR) is 137 cm³/mol. The van der Waals surface area contributed by atoms with Gasteiger partial charge in [0.05, 0.1) is 6.10 Å². The minimum absolute atomic E-state index is 0.0208. The highest BCUT2D eigenvalue weighted by Gasteiger charge is 2.61. The lowest BCUT2D eigenvalue weighted by molar-refractivity contribution is -0.154. The van der Waals surface area contributed by atoms with Crippen molar-refractivity contribution in [2.75, 3.05) is 0 Å². The summed E-state index contributed by atoms with van der Waals surface area (Å²) >= 11 is 0. The van der Waals surface area contributed by atoms with Gasteiger partial charge in [-0.05, 0) is 116 Å². The Kier molecular flexibility index (Phi) is 7.76. The smallest absolute Gasteiger partial charge is 0.0571 e. The number of rotatable bonds is 8. The molecule has 0 amide bonds. The number of hydrogen-bond acceptors (Lipinski definition) is 1. The van der Waals surface area contributed by atoms with Crippen molar-refractivity contribution in [3.05, 3.63) is 0 Å². The lowest BCUT2D eigenvalue weighted by Gasteiger charge is -2.63. The van der Waals surface area contributed by atoms with Gasteiger partial charge in [-0.25, -0.2) is 0 Å². The highest BCUT2D eigenvalue weighted by Crippen LogP contribution is 2.69. The molecule has 0 aromatic heterocycles. The molecule has 0 aromatic carbocycles. The summed E-state index contributed by atoms with van der Waals surface area (Å²) in [5.41, 5.74) is 1.11. The summed E-state index contributed by atoms with van der Waals surface area (Å²) in [6, 6.07) is 0. The summed E-state index contributed by atoms with van der Waals surface area (Å²) in [4.78, 5) is 0. The molecule has 0 aliphatic heterocycles. The van der Waals surface area contributed by atoms with Gasteiger partial charge in [-0.2, -0.15) is 0 Å². The van der Waals surface area contributed by atoms with Crippen LogP contribution in [0.1, 0.15) is 131 Å². The van der Waals surface area contributed by atoms with E-state index in [0.29, 0.717) is 16.7 Å². The first-order chi connectivity index (χ1) is 15.2. The number of unbranched alkanes of at least 4 members (excludes halogenated alkanes) is 1. The maximum Gasteiger partial charge on any atom is 0.0571 e. The molecule has 0 radical (unpaired) electrons. The van der Waals surface area contributed by atoms with Crippen LogP contribution in [-0.2, 0) is 0 Å². The molecule has 1 N–H and O–H groups in total. The maximum atomic E-state index is 10.9. The number of fused-ring (bicyclic) bond motifs is 5. The third-order valence-electron chi connectivity index (χ3n) is 12.0. The van der Waals surface area contributed by atoms with E-state index in [4.69, 9.17) is 0 Å². The Morgan fingerprint density at radius 3 is 2.19 bits per heavy atom. The molecular weight excluding hydrogens is 388 g/mol. The maximum absolute atomic E-state index is 10.9. The van der Waals surface area contributed by atoms with E-state index < -0.39 is 0 Å². The molecule has 4 rings (SSSR count). The quantitative estimate of drug-likeness (QED) is 0.396. The van der Waals surface area contributed by atoms with E-state index in [1.54, 1.807) is 0 Å². The molecule has 4 saturated carbocycles. The Bertz CT molecular complexity index is 612. The molecule has 0 bridgehead atoms. The molecule has 1 heteroatoms. The van der Waals surface area contributed by atoms with E-state index in [1.807, 2.05) is 0 Å². The summed E-state index contributed by atoms with van der Waals surface area (Å²) in [5, 5.41) is 10.9. The van der Waals surface area contributed by atoms with Crippen LogP contribution in [-0.4, -0.2) is 11.2 Å². The Balaban J connectivity index is 1.47. The zero-order valence-corrected chi connectivity index (χ0v) is 22.5. The first kappa shape index (κ1) is 25.1. The van der Waals surface area contributed by atoms with Gasteiger partial charge in [-0.1, -0.05) is 73.6 Å². The van der Waals surface area contributed by atoms with E-state index in [1.165, 1.54) is 83.5 Å². The van der Waals surface area contributed by atoms with Crippen molar-refractivity contribution in [3.63, 3.8) is 0 Å². The average molecular weight is 445 g/mol. The van der Waals surface area contributed by atoms with Crippen LogP contribution in [0.3, 0.4) is 0 Å². The van der Waals surface area contributed by atoms with Gasteiger partial charge in [0, 0.05) is 0 Å². The molecule has 0 saturated heterocycles. The van der Waals surface area contributed by atoms with Crippen LogP contribution in [0.15, 0.2) is 0 Å². The topological polar surface area (TPSA) is 20.2 Å². The van der Waals surface area contributed by atoms with E-state index in [9.17, 15) is 5.11 Å². The molecule has 4 aliphatic carbocycles. The Labute approximate surface area is 200 Å². The van der Waals surface area contributed by atoms with Crippen molar-refractivity contribution in [1.29, 1.82) is 0 Å². The summed E-state index contributed by atoms with van der Waals surface area (Å²) in [6.45, 7) is 15.1. The first-order valence-corrected chi connectivity index (χ1v) is 14.9. The molecule has 0 heterocycles. The van der Waals surface area contributed by atoms with Crippen LogP contribution in [0, 0.1) is 58.2 Å². The summed E-state index contributed by atoms with van der Waals surface area (Å²) in [5.74, 6) is 7.01. The lowest BCUT2D eigenvalue weighted by atomic mass is 9.42. The first-order valence-electron chi connectivity index (χ1n) is 14.9. The summed E-state index contributed by atoms with van der Waals surface area (Å²) in [6.07, 6.45) is 19.4. The zero-order chi connectivity index (χ0) is 23.1. The monoisotopic (exact) mass is 444 g/mol. The van der Waals surface area contributed by atoms with Crippen LogP contribution in [0.2, 0.25) is 0 Å². The van der Waals surface area contributed by atoms with Gasteiger partial charge >= 0.3 is 0 Å². The van der Waals surface area contributed by atoms with Crippen molar-refractivity contribution in [2.24, 2.45) is 58.2 Å². The van der Waals surface area contributed by atoms with Crippen LogP contribution in [0.4, 0.5) is 0 Å². The van der Waals surface area contributed by atoms with Gasteiger partial charge in [-0.3, -0.25) is 0 Å².